The zero-order valence-corrected chi connectivity index (χ0v) is 12.9. The summed E-state index contributed by atoms with van der Waals surface area (Å²) in [4.78, 5) is 15.5. The number of rotatable bonds is 4. The van der Waals surface area contributed by atoms with Gasteiger partial charge in [-0.05, 0) is 36.8 Å². The second-order valence-electron chi connectivity index (χ2n) is 5.25. The number of amides is 1. The molecule has 0 radical (unpaired) electrons. The molecule has 7 heteroatoms. The van der Waals surface area contributed by atoms with Crippen LogP contribution in [0.2, 0.25) is 0 Å². The fourth-order valence-electron chi connectivity index (χ4n) is 2.60. The number of aromatic nitrogens is 1. The third-order valence-electron chi connectivity index (χ3n) is 3.86. The number of alkyl halides is 4. The zero-order chi connectivity index (χ0) is 15.5. The van der Waals surface area contributed by atoms with Gasteiger partial charge in [-0.3, -0.25) is 9.78 Å². The molecule has 1 fully saturated rings. The van der Waals surface area contributed by atoms with Gasteiger partial charge in [-0.2, -0.15) is 13.2 Å². The molecule has 2 rings (SSSR count). The van der Waals surface area contributed by atoms with E-state index >= 15 is 0 Å². The van der Waals surface area contributed by atoms with E-state index in [1.165, 1.54) is 0 Å². The largest absolute Gasteiger partial charge is 0.417 e. The minimum atomic E-state index is -4.44. The van der Waals surface area contributed by atoms with Gasteiger partial charge >= 0.3 is 6.18 Å². The summed E-state index contributed by atoms with van der Waals surface area (Å²) in [6.45, 7) is 0.539. The van der Waals surface area contributed by atoms with Crippen LogP contribution in [-0.4, -0.2) is 22.8 Å². The number of halogens is 4. The first-order valence-electron chi connectivity index (χ1n) is 6.79. The fraction of sp³-hybridized carbons (Fsp3) is 0.571. The molecule has 0 spiro atoms. The number of hydrogen-bond donors (Lipinski definition) is 1. The Balaban J connectivity index is 1.91. The molecule has 0 aromatic carbocycles. The highest BCUT2D eigenvalue weighted by molar-refractivity contribution is 9.09. The van der Waals surface area contributed by atoms with Gasteiger partial charge in [0, 0.05) is 18.1 Å². The van der Waals surface area contributed by atoms with Crippen molar-refractivity contribution in [1.82, 2.24) is 10.3 Å². The molecular formula is C14H16BrF3N2O. The van der Waals surface area contributed by atoms with Gasteiger partial charge in [0.25, 0.3) is 5.91 Å². The van der Waals surface area contributed by atoms with Crippen LogP contribution in [0.5, 0.6) is 0 Å². The Bertz CT molecular complexity index is 490. The van der Waals surface area contributed by atoms with Crippen LogP contribution in [0.4, 0.5) is 13.2 Å². The van der Waals surface area contributed by atoms with Crippen LogP contribution in [-0.2, 0) is 6.18 Å². The van der Waals surface area contributed by atoms with E-state index in [2.05, 4.69) is 26.2 Å². The van der Waals surface area contributed by atoms with Crippen molar-refractivity contribution >= 4 is 21.8 Å². The topological polar surface area (TPSA) is 42.0 Å². The Labute approximate surface area is 129 Å². The Morgan fingerprint density at radius 2 is 2.05 bits per heavy atom. The van der Waals surface area contributed by atoms with Gasteiger partial charge in [-0.15, -0.1) is 0 Å². The number of hydrogen-bond acceptors (Lipinski definition) is 2. The molecule has 116 valence electrons. The lowest BCUT2D eigenvalue weighted by atomic mass is 9.98. The highest BCUT2D eigenvalue weighted by atomic mass is 79.9. The van der Waals surface area contributed by atoms with Gasteiger partial charge in [0.05, 0.1) is 5.56 Å². The first-order chi connectivity index (χ1) is 9.91. The van der Waals surface area contributed by atoms with Gasteiger partial charge in [-0.1, -0.05) is 22.4 Å². The molecule has 0 saturated heterocycles. The molecule has 2 unspecified atom stereocenters. The van der Waals surface area contributed by atoms with Crippen molar-refractivity contribution in [2.24, 2.45) is 11.8 Å². The molecule has 1 aromatic heterocycles. The Kier molecular flexibility index (Phi) is 5.24. The van der Waals surface area contributed by atoms with Crippen molar-refractivity contribution in [3.8, 4) is 0 Å². The van der Waals surface area contributed by atoms with Crippen LogP contribution in [0, 0.1) is 11.8 Å². The summed E-state index contributed by atoms with van der Waals surface area (Å²) < 4.78 is 37.2. The number of pyridine rings is 1. The van der Waals surface area contributed by atoms with E-state index in [1.807, 2.05) is 0 Å². The van der Waals surface area contributed by atoms with Crippen LogP contribution < -0.4 is 5.32 Å². The summed E-state index contributed by atoms with van der Waals surface area (Å²) in [6, 6.07) is 1.98. The van der Waals surface area contributed by atoms with Crippen LogP contribution in [0.3, 0.4) is 0 Å². The fourth-order valence-corrected chi connectivity index (χ4v) is 3.45. The van der Waals surface area contributed by atoms with E-state index in [0.29, 0.717) is 24.6 Å². The first-order valence-corrected chi connectivity index (χ1v) is 7.91. The number of nitrogens with zero attached hydrogens (tertiary/aromatic N) is 1. The quantitative estimate of drug-likeness (QED) is 0.828. The zero-order valence-electron chi connectivity index (χ0n) is 11.3. The van der Waals surface area contributed by atoms with Crippen molar-refractivity contribution in [2.45, 2.75) is 25.4 Å². The molecule has 1 aromatic rings. The maximum absolute atomic E-state index is 12.4. The third kappa shape index (κ3) is 4.18. The maximum Gasteiger partial charge on any atom is 0.417 e. The van der Waals surface area contributed by atoms with Crippen molar-refractivity contribution in [3.63, 3.8) is 0 Å². The molecule has 1 heterocycles. The SMILES string of the molecule is O=C(NCC1CCCC1CBr)c1ccc(C(F)(F)F)cn1. The van der Waals surface area contributed by atoms with Crippen LogP contribution >= 0.6 is 15.9 Å². The second-order valence-corrected chi connectivity index (χ2v) is 5.89. The molecule has 1 amide bonds. The van der Waals surface area contributed by atoms with E-state index < -0.39 is 17.6 Å². The van der Waals surface area contributed by atoms with Gasteiger partial charge in [-0.25, -0.2) is 0 Å². The first kappa shape index (κ1) is 16.3. The standard InChI is InChI=1S/C14H16BrF3N2O/c15-6-9-2-1-3-10(9)7-20-13(21)12-5-4-11(8-19-12)14(16,17)18/h4-5,8-10H,1-3,6-7H2,(H,20,21). The lowest BCUT2D eigenvalue weighted by Gasteiger charge is -2.17. The molecular weight excluding hydrogens is 349 g/mol. The highest BCUT2D eigenvalue weighted by Crippen LogP contribution is 2.32. The van der Waals surface area contributed by atoms with Crippen molar-refractivity contribution in [3.05, 3.63) is 29.6 Å². The second kappa shape index (κ2) is 6.77. The average molecular weight is 365 g/mol. The van der Waals surface area contributed by atoms with Crippen LogP contribution in [0.25, 0.3) is 0 Å². The third-order valence-corrected chi connectivity index (χ3v) is 4.69. The lowest BCUT2D eigenvalue weighted by molar-refractivity contribution is -0.137. The summed E-state index contributed by atoms with van der Waals surface area (Å²) >= 11 is 3.46. The Hall–Kier alpha value is -1.11. The monoisotopic (exact) mass is 364 g/mol. The van der Waals surface area contributed by atoms with Crippen molar-refractivity contribution in [1.29, 1.82) is 0 Å². The van der Waals surface area contributed by atoms with Crippen molar-refractivity contribution in [2.75, 3.05) is 11.9 Å². The average Bonchev–Trinajstić information content (AvgIpc) is 2.91. The Morgan fingerprint density at radius 1 is 1.33 bits per heavy atom. The molecule has 21 heavy (non-hydrogen) atoms. The number of nitrogens with one attached hydrogen (secondary N) is 1. The Morgan fingerprint density at radius 3 is 2.62 bits per heavy atom. The molecule has 1 aliphatic carbocycles. The van der Waals surface area contributed by atoms with Crippen molar-refractivity contribution < 1.29 is 18.0 Å². The van der Waals surface area contributed by atoms with E-state index in [1.54, 1.807) is 0 Å². The van der Waals surface area contributed by atoms with Crippen LogP contribution in [0.15, 0.2) is 18.3 Å². The van der Waals surface area contributed by atoms with Crippen LogP contribution in [0.1, 0.15) is 35.3 Å². The predicted octanol–water partition coefficient (Wildman–Crippen LogP) is 3.64. The summed E-state index contributed by atoms with van der Waals surface area (Å²) in [5.41, 5.74) is -0.842. The van der Waals surface area contributed by atoms with E-state index in [9.17, 15) is 18.0 Å². The van der Waals surface area contributed by atoms with Gasteiger partial charge in [0.1, 0.15) is 5.69 Å². The number of carbonyl (C=O) groups excluding carboxylic acids is 1. The molecule has 3 nitrogen and oxygen atoms in total. The minimum Gasteiger partial charge on any atom is -0.350 e. The molecule has 1 aliphatic rings. The van der Waals surface area contributed by atoms with Gasteiger partial charge < -0.3 is 5.32 Å². The number of carbonyl (C=O) groups is 1. The molecule has 1 N–H and O–H groups in total. The van der Waals surface area contributed by atoms with E-state index in [-0.39, 0.29) is 5.69 Å². The molecule has 0 aliphatic heterocycles. The van der Waals surface area contributed by atoms with Gasteiger partial charge in [0.15, 0.2) is 0 Å². The minimum absolute atomic E-state index is 0.0105. The molecule has 1 saturated carbocycles. The summed E-state index contributed by atoms with van der Waals surface area (Å²) in [7, 11) is 0. The highest BCUT2D eigenvalue weighted by Gasteiger charge is 2.31. The lowest BCUT2D eigenvalue weighted by Crippen LogP contribution is -2.31. The smallest absolute Gasteiger partial charge is 0.350 e. The van der Waals surface area contributed by atoms with E-state index in [4.69, 9.17) is 0 Å². The predicted molar refractivity (Wildman–Crippen MR) is 76.2 cm³/mol. The normalized spacial score (nSPS) is 22.3. The molecule has 2 atom stereocenters. The van der Waals surface area contributed by atoms with E-state index in [0.717, 1.165) is 36.7 Å². The van der Waals surface area contributed by atoms with Gasteiger partial charge in [0.2, 0.25) is 0 Å². The summed E-state index contributed by atoms with van der Waals surface area (Å²) in [5.74, 6) is 0.539. The summed E-state index contributed by atoms with van der Waals surface area (Å²) in [5, 5.41) is 3.67. The maximum atomic E-state index is 12.4. The summed E-state index contributed by atoms with van der Waals surface area (Å²) in [6.07, 6.45) is -0.392. The molecule has 0 bridgehead atoms.